The van der Waals surface area contributed by atoms with Gasteiger partial charge in [-0.2, -0.15) is 0 Å². The quantitative estimate of drug-likeness (QED) is 0.613. The molecule has 0 bridgehead atoms. The Morgan fingerprint density at radius 1 is 1.18 bits per heavy atom. The van der Waals surface area contributed by atoms with E-state index in [1.807, 2.05) is 54.6 Å². The standard InChI is InChI=1S/C17H18ClNO2S/c1-13(21-15-5-3-2-4-6-15)17(20)19-11-12-22-16-9-7-14(18)8-10-16/h2-10,13H,11-12H2,1H3,(H,19,20)/t13-/m1/s1. The second kappa shape index (κ2) is 8.71. The summed E-state index contributed by atoms with van der Waals surface area (Å²) in [6.07, 6.45) is -0.511. The molecule has 0 saturated heterocycles. The third kappa shape index (κ3) is 5.62. The van der Waals surface area contributed by atoms with Crippen LogP contribution in [0.4, 0.5) is 0 Å². The van der Waals surface area contributed by atoms with Gasteiger partial charge in [0, 0.05) is 22.2 Å². The van der Waals surface area contributed by atoms with Crippen molar-refractivity contribution in [2.45, 2.75) is 17.9 Å². The van der Waals surface area contributed by atoms with Gasteiger partial charge in [0.2, 0.25) is 0 Å². The monoisotopic (exact) mass is 335 g/mol. The molecule has 0 unspecified atom stereocenters. The highest BCUT2D eigenvalue weighted by Crippen LogP contribution is 2.19. The van der Waals surface area contributed by atoms with Crippen LogP contribution in [0, 0.1) is 0 Å². The Morgan fingerprint density at radius 3 is 2.55 bits per heavy atom. The van der Waals surface area contributed by atoms with Gasteiger partial charge in [-0.3, -0.25) is 4.79 Å². The first kappa shape index (κ1) is 16.7. The van der Waals surface area contributed by atoms with Crippen molar-refractivity contribution in [1.29, 1.82) is 0 Å². The Labute approximate surface area is 140 Å². The molecule has 0 aliphatic carbocycles. The molecule has 2 aromatic carbocycles. The molecule has 0 heterocycles. The minimum Gasteiger partial charge on any atom is -0.481 e. The smallest absolute Gasteiger partial charge is 0.260 e. The molecule has 2 rings (SSSR count). The zero-order chi connectivity index (χ0) is 15.8. The summed E-state index contributed by atoms with van der Waals surface area (Å²) in [6.45, 7) is 2.34. The lowest BCUT2D eigenvalue weighted by Crippen LogP contribution is -2.37. The van der Waals surface area contributed by atoms with E-state index in [1.54, 1.807) is 18.7 Å². The number of rotatable bonds is 7. The van der Waals surface area contributed by atoms with E-state index < -0.39 is 6.10 Å². The number of nitrogens with one attached hydrogen (secondary N) is 1. The average molecular weight is 336 g/mol. The van der Waals surface area contributed by atoms with Gasteiger partial charge >= 0.3 is 0 Å². The Morgan fingerprint density at radius 2 is 1.86 bits per heavy atom. The van der Waals surface area contributed by atoms with Crippen LogP contribution in [0.15, 0.2) is 59.5 Å². The highest BCUT2D eigenvalue weighted by molar-refractivity contribution is 7.99. The Balaban J connectivity index is 1.67. The SMILES string of the molecule is C[C@@H](Oc1ccccc1)C(=O)NCCSc1ccc(Cl)cc1. The average Bonchev–Trinajstić information content (AvgIpc) is 2.54. The first-order valence-electron chi connectivity index (χ1n) is 7.03. The van der Waals surface area contributed by atoms with Gasteiger partial charge < -0.3 is 10.1 Å². The van der Waals surface area contributed by atoms with Crippen molar-refractivity contribution >= 4 is 29.3 Å². The van der Waals surface area contributed by atoms with Gasteiger partial charge in [0.15, 0.2) is 6.10 Å². The Bertz CT molecular complexity index is 589. The summed E-state index contributed by atoms with van der Waals surface area (Å²) in [5.41, 5.74) is 0. The van der Waals surface area contributed by atoms with Crippen LogP contribution in [0.3, 0.4) is 0 Å². The van der Waals surface area contributed by atoms with E-state index >= 15 is 0 Å². The van der Waals surface area contributed by atoms with Crippen LogP contribution >= 0.6 is 23.4 Å². The summed E-state index contributed by atoms with van der Waals surface area (Å²) in [6, 6.07) is 17.0. The van der Waals surface area contributed by atoms with Gasteiger partial charge in [0.05, 0.1) is 0 Å². The number of benzene rings is 2. The summed E-state index contributed by atoms with van der Waals surface area (Å²) in [5, 5.41) is 3.60. The summed E-state index contributed by atoms with van der Waals surface area (Å²) in [5.74, 6) is 1.38. The number of para-hydroxylation sites is 1. The number of hydrogen-bond donors (Lipinski definition) is 1. The number of carbonyl (C=O) groups is 1. The summed E-state index contributed by atoms with van der Waals surface area (Å²) >= 11 is 7.51. The van der Waals surface area contributed by atoms with E-state index in [0.29, 0.717) is 12.3 Å². The lowest BCUT2D eigenvalue weighted by Gasteiger charge is -2.14. The highest BCUT2D eigenvalue weighted by Gasteiger charge is 2.13. The molecule has 1 N–H and O–H groups in total. The molecule has 3 nitrogen and oxygen atoms in total. The number of carbonyl (C=O) groups excluding carboxylic acids is 1. The molecule has 0 spiro atoms. The van der Waals surface area contributed by atoms with Crippen LogP contribution in [0.1, 0.15) is 6.92 Å². The highest BCUT2D eigenvalue weighted by atomic mass is 35.5. The fourth-order valence-electron chi connectivity index (χ4n) is 1.77. The zero-order valence-corrected chi connectivity index (χ0v) is 13.9. The molecule has 0 aliphatic rings. The molecule has 0 aliphatic heterocycles. The van der Waals surface area contributed by atoms with Gasteiger partial charge in [0.1, 0.15) is 5.75 Å². The molecule has 0 radical (unpaired) electrons. The van der Waals surface area contributed by atoms with E-state index in [-0.39, 0.29) is 5.91 Å². The second-order valence-electron chi connectivity index (χ2n) is 4.67. The summed E-state index contributed by atoms with van der Waals surface area (Å²) in [4.78, 5) is 13.1. The van der Waals surface area contributed by atoms with Crippen LogP contribution in [0.2, 0.25) is 5.02 Å². The third-order valence-corrected chi connectivity index (χ3v) is 4.17. The van der Waals surface area contributed by atoms with E-state index in [4.69, 9.17) is 16.3 Å². The molecular formula is C17H18ClNO2S. The van der Waals surface area contributed by atoms with Gasteiger partial charge in [-0.05, 0) is 43.3 Å². The maximum atomic E-state index is 11.9. The number of halogens is 1. The van der Waals surface area contributed by atoms with Crippen molar-refractivity contribution in [2.24, 2.45) is 0 Å². The molecule has 0 saturated carbocycles. The summed E-state index contributed by atoms with van der Waals surface area (Å²) in [7, 11) is 0. The van der Waals surface area contributed by atoms with Crippen molar-refractivity contribution in [2.75, 3.05) is 12.3 Å². The van der Waals surface area contributed by atoms with Crippen molar-refractivity contribution in [3.63, 3.8) is 0 Å². The number of ether oxygens (including phenoxy) is 1. The predicted molar refractivity (Wildman–Crippen MR) is 91.7 cm³/mol. The van der Waals surface area contributed by atoms with Crippen LogP contribution in [0.25, 0.3) is 0 Å². The second-order valence-corrected chi connectivity index (χ2v) is 6.27. The van der Waals surface area contributed by atoms with E-state index in [1.165, 1.54) is 0 Å². The van der Waals surface area contributed by atoms with E-state index in [2.05, 4.69) is 5.32 Å². The third-order valence-electron chi connectivity index (χ3n) is 2.91. The maximum Gasteiger partial charge on any atom is 0.260 e. The largest absolute Gasteiger partial charge is 0.481 e. The minimum atomic E-state index is -0.511. The predicted octanol–water partition coefficient (Wildman–Crippen LogP) is 4.02. The zero-order valence-electron chi connectivity index (χ0n) is 12.3. The summed E-state index contributed by atoms with van der Waals surface area (Å²) < 4.78 is 5.57. The number of amides is 1. The number of thioether (sulfide) groups is 1. The molecule has 116 valence electrons. The number of hydrogen-bond acceptors (Lipinski definition) is 3. The first-order valence-corrected chi connectivity index (χ1v) is 8.39. The normalized spacial score (nSPS) is 11.7. The van der Waals surface area contributed by atoms with Crippen molar-refractivity contribution in [3.8, 4) is 5.75 Å². The van der Waals surface area contributed by atoms with Crippen molar-refractivity contribution in [1.82, 2.24) is 5.32 Å². The lowest BCUT2D eigenvalue weighted by molar-refractivity contribution is -0.127. The van der Waals surface area contributed by atoms with Gasteiger partial charge in [0.25, 0.3) is 5.91 Å². The minimum absolute atomic E-state index is 0.111. The van der Waals surface area contributed by atoms with Crippen molar-refractivity contribution < 1.29 is 9.53 Å². The molecular weight excluding hydrogens is 318 g/mol. The molecule has 2 aromatic rings. The fourth-order valence-corrected chi connectivity index (χ4v) is 2.67. The Hall–Kier alpha value is -1.65. The molecule has 5 heteroatoms. The van der Waals surface area contributed by atoms with Gasteiger partial charge in [-0.1, -0.05) is 29.8 Å². The molecule has 22 heavy (non-hydrogen) atoms. The van der Waals surface area contributed by atoms with E-state index in [9.17, 15) is 4.79 Å². The van der Waals surface area contributed by atoms with Crippen LogP contribution in [0.5, 0.6) is 5.75 Å². The van der Waals surface area contributed by atoms with Crippen molar-refractivity contribution in [3.05, 3.63) is 59.6 Å². The van der Waals surface area contributed by atoms with Gasteiger partial charge in [-0.25, -0.2) is 0 Å². The maximum absolute atomic E-state index is 11.9. The fraction of sp³-hybridized carbons (Fsp3) is 0.235. The molecule has 0 aromatic heterocycles. The Kier molecular flexibility index (Phi) is 6.62. The molecule has 1 amide bonds. The lowest BCUT2D eigenvalue weighted by atomic mass is 10.3. The molecule has 0 fully saturated rings. The molecule has 1 atom stereocenters. The van der Waals surface area contributed by atoms with Crippen LogP contribution in [-0.2, 0) is 4.79 Å². The van der Waals surface area contributed by atoms with E-state index in [0.717, 1.165) is 15.7 Å². The van der Waals surface area contributed by atoms with Gasteiger partial charge in [-0.15, -0.1) is 11.8 Å². The topological polar surface area (TPSA) is 38.3 Å². The van der Waals surface area contributed by atoms with Crippen LogP contribution < -0.4 is 10.1 Å². The first-order chi connectivity index (χ1) is 10.6. The van der Waals surface area contributed by atoms with Crippen LogP contribution in [-0.4, -0.2) is 24.3 Å².